The van der Waals surface area contributed by atoms with Crippen molar-refractivity contribution in [2.75, 3.05) is 0 Å². The van der Waals surface area contributed by atoms with Crippen LogP contribution in [0.25, 0.3) is 10.9 Å². The maximum Gasteiger partial charge on any atom is 0.416 e. The molecule has 4 aromatic rings. The summed E-state index contributed by atoms with van der Waals surface area (Å²) in [7, 11) is 1.79. The SMILES string of the molecule is Cn1c(C(=O)N/N=C(/c2ccccc2)c2ccc(C(F)(F)F)cc2)cc2ccccc21. The van der Waals surface area contributed by atoms with Gasteiger partial charge in [0.1, 0.15) is 5.69 Å². The fraction of sp³-hybridized carbons (Fsp3) is 0.0833. The molecule has 31 heavy (non-hydrogen) atoms. The molecule has 0 spiro atoms. The summed E-state index contributed by atoms with van der Waals surface area (Å²) >= 11 is 0. The molecule has 0 bridgehead atoms. The topological polar surface area (TPSA) is 46.4 Å². The Morgan fingerprint density at radius 3 is 2.13 bits per heavy atom. The number of hydrazone groups is 1. The second kappa shape index (κ2) is 8.10. The Labute approximate surface area is 176 Å². The van der Waals surface area contributed by atoms with Crippen molar-refractivity contribution in [3.63, 3.8) is 0 Å². The van der Waals surface area contributed by atoms with Gasteiger partial charge in [-0.15, -0.1) is 0 Å². The summed E-state index contributed by atoms with van der Waals surface area (Å²) < 4.78 is 40.5. The first kappa shape index (κ1) is 20.4. The zero-order chi connectivity index (χ0) is 22.0. The van der Waals surface area contributed by atoms with Gasteiger partial charge < -0.3 is 4.57 Å². The van der Waals surface area contributed by atoms with Gasteiger partial charge in [-0.05, 0) is 24.3 Å². The van der Waals surface area contributed by atoms with Crippen molar-refractivity contribution < 1.29 is 18.0 Å². The van der Waals surface area contributed by atoms with Crippen molar-refractivity contribution >= 4 is 22.5 Å². The first-order valence-corrected chi connectivity index (χ1v) is 9.50. The van der Waals surface area contributed by atoms with E-state index < -0.39 is 17.6 Å². The number of halogens is 3. The average Bonchev–Trinajstić information content (AvgIpc) is 3.11. The van der Waals surface area contributed by atoms with Crippen molar-refractivity contribution in [2.24, 2.45) is 12.1 Å². The second-order valence-electron chi connectivity index (χ2n) is 6.99. The van der Waals surface area contributed by atoms with Crippen LogP contribution in [0, 0.1) is 0 Å². The molecule has 0 aliphatic carbocycles. The first-order chi connectivity index (χ1) is 14.8. The number of amides is 1. The van der Waals surface area contributed by atoms with Gasteiger partial charge in [0.25, 0.3) is 5.91 Å². The molecule has 0 radical (unpaired) electrons. The van der Waals surface area contributed by atoms with Crippen LogP contribution >= 0.6 is 0 Å². The van der Waals surface area contributed by atoms with Crippen LogP contribution in [-0.2, 0) is 13.2 Å². The number of aryl methyl sites for hydroxylation is 1. The Morgan fingerprint density at radius 2 is 1.48 bits per heavy atom. The third-order valence-corrected chi connectivity index (χ3v) is 4.99. The van der Waals surface area contributed by atoms with Crippen LogP contribution in [0.2, 0.25) is 0 Å². The van der Waals surface area contributed by atoms with Gasteiger partial charge in [-0.2, -0.15) is 18.3 Å². The van der Waals surface area contributed by atoms with Crippen LogP contribution in [0.1, 0.15) is 27.2 Å². The molecule has 0 aliphatic rings. The Balaban J connectivity index is 1.68. The highest BCUT2D eigenvalue weighted by Gasteiger charge is 2.30. The number of fused-ring (bicyclic) bond motifs is 1. The molecule has 1 amide bonds. The quantitative estimate of drug-likeness (QED) is 0.349. The van der Waals surface area contributed by atoms with E-state index in [0.29, 0.717) is 22.5 Å². The van der Waals surface area contributed by atoms with Gasteiger partial charge in [-0.3, -0.25) is 4.79 Å². The lowest BCUT2D eigenvalue weighted by atomic mass is 10.0. The molecule has 1 aromatic heterocycles. The van der Waals surface area contributed by atoms with Gasteiger partial charge in [0, 0.05) is 29.1 Å². The van der Waals surface area contributed by atoms with E-state index >= 15 is 0 Å². The van der Waals surface area contributed by atoms with Gasteiger partial charge >= 0.3 is 6.18 Å². The Hall–Kier alpha value is -3.87. The molecule has 0 fully saturated rings. The molecule has 4 nitrogen and oxygen atoms in total. The highest BCUT2D eigenvalue weighted by Crippen LogP contribution is 2.29. The minimum Gasteiger partial charge on any atom is -0.340 e. The van der Waals surface area contributed by atoms with Gasteiger partial charge in [-0.25, -0.2) is 5.43 Å². The van der Waals surface area contributed by atoms with Crippen LogP contribution in [0.5, 0.6) is 0 Å². The molecular weight excluding hydrogens is 403 g/mol. The zero-order valence-electron chi connectivity index (χ0n) is 16.5. The number of hydrogen-bond donors (Lipinski definition) is 1. The van der Waals surface area contributed by atoms with E-state index in [0.717, 1.165) is 23.0 Å². The molecule has 0 saturated carbocycles. The first-order valence-electron chi connectivity index (χ1n) is 9.50. The zero-order valence-corrected chi connectivity index (χ0v) is 16.5. The summed E-state index contributed by atoms with van der Waals surface area (Å²) in [6.45, 7) is 0. The Kier molecular flexibility index (Phi) is 5.33. The van der Waals surface area contributed by atoms with E-state index in [1.807, 2.05) is 30.3 Å². The number of aromatic nitrogens is 1. The van der Waals surface area contributed by atoms with E-state index in [9.17, 15) is 18.0 Å². The standard InChI is InChI=1S/C24H18F3N3O/c1-30-20-10-6-5-9-18(20)15-21(30)23(31)29-28-22(16-7-3-2-4-8-16)17-11-13-19(14-12-17)24(25,26)27/h2-15H,1H3,(H,29,31)/b28-22-. The molecule has 0 aliphatic heterocycles. The van der Waals surface area contributed by atoms with Crippen LogP contribution in [-0.4, -0.2) is 16.2 Å². The number of alkyl halides is 3. The molecule has 4 rings (SSSR count). The van der Waals surface area contributed by atoms with E-state index in [2.05, 4.69) is 10.5 Å². The van der Waals surface area contributed by atoms with Crippen molar-refractivity contribution in [1.82, 2.24) is 9.99 Å². The summed E-state index contributed by atoms with van der Waals surface area (Å²) in [5, 5.41) is 5.19. The number of benzene rings is 3. The minimum atomic E-state index is -4.43. The predicted octanol–water partition coefficient (Wildman–Crippen LogP) is 5.38. The van der Waals surface area contributed by atoms with Crippen molar-refractivity contribution in [3.8, 4) is 0 Å². The summed E-state index contributed by atoms with van der Waals surface area (Å²) in [6.07, 6.45) is -4.43. The third-order valence-electron chi connectivity index (χ3n) is 4.99. The molecular formula is C24H18F3N3O. The summed E-state index contributed by atoms with van der Waals surface area (Å²) in [5.41, 5.74) is 4.61. The molecule has 156 valence electrons. The molecule has 0 atom stereocenters. The van der Waals surface area contributed by atoms with Crippen LogP contribution in [0.4, 0.5) is 13.2 Å². The normalized spacial score (nSPS) is 12.2. The van der Waals surface area contributed by atoms with E-state index in [-0.39, 0.29) is 0 Å². The van der Waals surface area contributed by atoms with E-state index in [1.165, 1.54) is 12.1 Å². The van der Waals surface area contributed by atoms with Gasteiger partial charge in [0.15, 0.2) is 0 Å². The smallest absolute Gasteiger partial charge is 0.340 e. The lowest BCUT2D eigenvalue weighted by Crippen LogP contribution is -2.22. The van der Waals surface area contributed by atoms with E-state index in [4.69, 9.17) is 0 Å². The van der Waals surface area contributed by atoms with Crippen LogP contribution in [0.3, 0.4) is 0 Å². The third kappa shape index (κ3) is 4.21. The van der Waals surface area contributed by atoms with Crippen molar-refractivity contribution in [3.05, 3.63) is 107 Å². The summed E-state index contributed by atoms with van der Waals surface area (Å²) in [4.78, 5) is 12.8. The number of hydrogen-bond acceptors (Lipinski definition) is 2. The number of nitrogens with zero attached hydrogens (tertiary/aromatic N) is 2. The fourth-order valence-electron chi connectivity index (χ4n) is 3.38. The van der Waals surface area contributed by atoms with Crippen molar-refractivity contribution in [2.45, 2.75) is 6.18 Å². The monoisotopic (exact) mass is 421 g/mol. The maximum atomic E-state index is 12.9. The number of rotatable bonds is 4. The molecule has 0 saturated heterocycles. The summed E-state index contributed by atoms with van der Waals surface area (Å²) in [6, 6.07) is 23.0. The van der Waals surface area contributed by atoms with Crippen LogP contribution in [0.15, 0.2) is 90.0 Å². The number of carbonyl (C=O) groups is 1. The second-order valence-corrected chi connectivity index (χ2v) is 6.99. The number of para-hydroxylation sites is 1. The number of nitrogens with one attached hydrogen (secondary N) is 1. The minimum absolute atomic E-state index is 0.362. The lowest BCUT2D eigenvalue weighted by molar-refractivity contribution is -0.137. The molecule has 1 N–H and O–H groups in total. The molecule has 3 aromatic carbocycles. The summed E-state index contributed by atoms with van der Waals surface area (Å²) in [5.74, 6) is -0.418. The van der Waals surface area contributed by atoms with E-state index in [1.54, 1.807) is 41.9 Å². The van der Waals surface area contributed by atoms with Gasteiger partial charge in [-0.1, -0.05) is 60.7 Å². The molecule has 0 unspecified atom stereocenters. The van der Waals surface area contributed by atoms with Crippen molar-refractivity contribution in [1.29, 1.82) is 0 Å². The maximum absolute atomic E-state index is 12.9. The Bertz CT molecular complexity index is 1260. The number of carbonyl (C=O) groups excluding carboxylic acids is 1. The lowest BCUT2D eigenvalue weighted by Gasteiger charge is -2.11. The fourth-order valence-corrected chi connectivity index (χ4v) is 3.38. The molecule has 1 heterocycles. The average molecular weight is 421 g/mol. The highest BCUT2D eigenvalue weighted by molar-refractivity contribution is 6.13. The Morgan fingerprint density at radius 1 is 0.871 bits per heavy atom. The largest absolute Gasteiger partial charge is 0.416 e. The van der Waals surface area contributed by atoms with Crippen LogP contribution < -0.4 is 5.43 Å². The van der Waals surface area contributed by atoms with Gasteiger partial charge in [0.05, 0.1) is 11.3 Å². The van der Waals surface area contributed by atoms with Gasteiger partial charge in [0.2, 0.25) is 0 Å². The predicted molar refractivity (Wildman–Crippen MR) is 114 cm³/mol. The molecule has 7 heteroatoms. The highest BCUT2D eigenvalue weighted by atomic mass is 19.4.